The first-order chi connectivity index (χ1) is 16.4. The third-order valence-corrected chi connectivity index (χ3v) is 4.84. The van der Waals surface area contributed by atoms with Crippen LogP contribution in [0.3, 0.4) is 0 Å². The van der Waals surface area contributed by atoms with Crippen LogP contribution in [0.15, 0.2) is 58.7 Å². The summed E-state index contributed by atoms with van der Waals surface area (Å²) in [6.07, 6.45) is -10.2. The topological polar surface area (TPSA) is 74.5 Å². The van der Waals surface area contributed by atoms with Crippen molar-refractivity contribution in [3.8, 4) is 0 Å². The standard InChI is InChI=1S/C23H23F6N3O3/c1-30-35-20(10-12-22(24,25)26)31-15-32(13-11-16-2-6-18(7-3-16)21(33)34)14-17-4-8-19(9-5-17)23(27,28)29/h2-9H,1,10-15H2,(H,33,34)/b31-20-. The number of carboxylic acids is 1. The lowest BCUT2D eigenvalue weighted by Crippen LogP contribution is -2.27. The molecule has 1 N–H and O–H groups in total. The Morgan fingerprint density at radius 3 is 2.09 bits per heavy atom. The highest BCUT2D eigenvalue weighted by molar-refractivity contribution is 5.87. The lowest BCUT2D eigenvalue weighted by Gasteiger charge is -2.21. The fraction of sp³-hybridized carbons (Fsp3) is 0.348. The van der Waals surface area contributed by atoms with E-state index in [1.54, 1.807) is 17.0 Å². The Bertz CT molecular complexity index is 1000. The summed E-state index contributed by atoms with van der Waals surface area (Å²) >= 11 is 0. The van der Waals surface area contributed by atoms with Crippen molar-refractivity contribution in [1.82, 2.24) is 4.90 Å². The van der Waals surface area contributed by atoms with E-state index in [9.17, 15) is 31.1 Å². The van der Waals surface area contributed by atoms with Crippen LogP contribution in [0.2, 0.25) is 0 Å². The van der Waals surface area contributed by atoms with Gasteiger partial charge in [-0.15, -0.1) is 0 Å². The SMILES string of the molecule is C=NO/C(CCC(F)(F)F)=N\CN(CCc1ccc(C(=O)O)cc1)Cc1ccc(C(F)(F)F)cc1. The van der Waals surface area contributed by atoms with Crippen molar-refractivity contribution in [3.05, 3.63) is 70.8 Å². The van der Waals surface area contributed by atoms with Gasteiger partial charge in [0.2, 0.25) is 5.90 Å². The monoisotopic (exact) mass is 503 g/mol. The van der Waals surface area contributed by atoms with E-state index in [1.165, 1.54) is 24.3 Å². The molecule has 2 aromatic carbocycles. The summed E-state index contributed by atoms with van der Waals surface area (Å²) in [5.41, 5.74) is 0.638. The molecule has 0 saturated heterocycles. The number of carbonyl (C=O) groups is 1. The quantitative estimate of drug-likeness (QED) is 0.183. The van der Waals surface area contributed by atoms with Gasteiger partial charge in [-0.1, -0.05) is 29.4 Å². The first-order valence-corrected chi connectivity index (χ1v) is 10.3. The number of rotatable bonds is 11. The molecule has 0 unspecified atom stereocenters. The van der Waals surface area contributed by atoms with Gasteiger partial charge in [0.05, 0.1) is 24.2 Å². The van der Waals surface area contributed by atoms with E-state index in [2.05, 4.69) is 16.9 Å². The van der Waals surface area contributed by atoms with Crippen LogP contribution in [0.25, 0.3) is 0 Å². The molecule has 2 aromatic rings. The molecule has 35 heavy (non-hydrogen) atoms. The molecular formula is C23H23F6N3O3. The van der Waals surface area contributed by atoms with E-state index in [0.29, 0.717) is 18.5 Å². The van der Waals surface area contributed by atoms with Crippen molar-refractivity contribution in [3.63, 3.8) is 0 Å². The number of oxime groups is 1. The first-order valence-electron chi connectivity index (χ1n) is 10.3. The zero-order valence-corrected chi connectivity index (χ0v) is 18.4. The van der Waals surface area contributed by atoms with Crippen LogP contribution in [0.4, 0.5) is 26.3 Å². The average Bonchev–Trinajstić information content (AvgIpc) is 2.78. The lowest BCUT2D eigenvalue weighted by molar-refractivity contribution is -0.137. The Labute approximate surface area is 197 Å². The Balaban J connectivity index is 2.16. The Morgan fingerprint density at radius 1 is 0.971 bits per heavy atom. The summed E-state index contributed by atoms with van der Waals surface area (Å²) < 4.78 is 76.2. The van der Waals surface area contributed by atoms with Crippen molar-refractivity contribution >= 4 is 18.6 Å². The second-order valence-electron chi connectivity index (χ2n) is 7.53. The van der Waals surface area contributed by atoms with Gasteiger partial charge in [-0.25, -0.2) is 9.79 Å². The highest BCUT2D eigenvalue weighted by Gasteiger charge is 2.30. The Morgan fingerprint density at radius 2 is 1.57 bits per heavy atom. The van der Waals surface area contributed by atoms with Crippen LogP contribution in [0.1, 0.15) is 39.9 Å². The molecule has 0 aromatic heterocycles. The number of aromatic carboxylic acids is 1. The third kappa shape index (κ3) is 10.2. The molecule has 0 aliphatic rings. The summed E-state index contributed by atoms with van der Waals surface area (Å²) in [6.45, 7) is 3.45. The number of carboxylic acid groups (broad SMARTS) is 1. The van der Waals surface area contributed by atoms with Crippen molar-refractivity contribution in [2.24, 2.45) is 10.1 Å². The van der Waals surface area contributed by atoms with Crippen LogP contribution in [-0.4, -0.2) is 48.0 Å². The maximum atomic E-state index is 12.8. The van der Waals surface area contributed by atoms with Crippen LogP contribution in [0, 0.1) is 0 Å². The number of nitrogens with zero attached hydrogens (tertiary/aromatic N) is 3. The fourth-order valence-corrected chi connectivity index (χ4v) is 3.01. The Kier molecular flexibility index (Phi) is 9.81. The van der Waals surface area contributed by atoms with Gasteiger partial charge in [0.25, 0.3) is 0 Å². The number of hydrogen-bond donors (Lipinski definition) is 1. The molecule has 0 atom stereocenters. The number of alkyl halides is 6. The molecule has 0 heterocycles. The number of aliphatic imine (C=N–C) groups is 1. The van der Waals surface area contributed by atoms with Crippen LogP contribution < -0.4 is 0 Å². The maximum Gasteiger partial charge on any atom is 0.416 e. The van der Waals surface area contributed by atoms with Gasteiger partial charge >= 0.3 is 18.3 Å². The molecule has 0 radical (unpaired) electrons. The minimum atomic E-state index is -4.48. The number of hydrogen-bond acceptors (Lipinski definition) is 5. The summed E-state index contributed by atoms with van der Waals surface area (Å²) in [7, 11) is 0. The van der Waals surface area contributed by atoms with Crippen molar-refractivity contribution < 1.29 is 41.1 Å². The van der Waals surface area contributed by atoms with Gasteiger partial charge in [-0.3, -0.25) is 4.90 Å². The smallest absolute Gasteiger partial charge is 0.416 e. The number of benzene rings is 2. The van der Waals surface area contributed by atoms with E-state index in [-0.39, 0.29) is 24.7 Å². The summed E-state index contributed by atoms with van der Waals surface area (Å²) in [5.74, 6) is -1.35. The summed E-state index contributed by atoms with van der Waals surface area (Å²) in [4.78, 5) is 21.5. The molecule has 0 spiro atoms. The molecule has 190 valence electrons. The van der Waals surface area contributed by atoms with E-state index in [4.69, 9.17) is 9.94 Å². The molecular weight excluding hydrogens is 480 g/mol. The fourth-order valence-electron chi connectivity index (χ4n) is 3.01. The molecule has 2 rings (SSSR count). The minimum absolute atomic E-state index is 0.114. The van der Waals surface area contributed by atoms with E-state index in [0.717, 1.165) is 17.7 Å². The van der Waals surface area contributed by atoms with Crippen molar-refractivity contribution in [2.45, 2.75) is 38.2 Å². The maximum absolute atomic E-state index is 12.8. The van der Waals surface area contributed by atoms with Gasteiger partial charge in [0, 0.05) is 26.2 Å². The molecule has 12 heteroatoms. The van der Waals surface area contributed by atoms with Crippen LogP contribution in [0.5, 0.6) is 0 Å². The molecule has 0 fully saturated rings. The predicted molar refractivity (Wildman–Crippen MR) is 117 cm³/mol. The van der Waals surface area contributed by atoms with Crippen molar-refractivity contribution in [1.29, 1.82) is 0 Å². The van der Waals surface area contributed by atoms with Gasteiger partial charge in [0.1, 0.15) is 0 Å². The lowest BCUT2D eigenvalue weighted by atomic mass is 10.1. The van der Waals surface area contributed by atoms with Crippen LogP contribution >= 0.6 is 0 Å². The zero-order valence-electron chi connectivity index (χ0n) is 18.4. The second-order valence-corrected chi connectivity index (χ2v) is 7.53. The Hall–Kier alpha value is -3.41. The van der Waals surface area contributed by atoms with Gasteiger partial charge < -0.3 is 9.94 Å². The molecule has 0 aliphatic heterocycles. The highest BCUT2D eigenvalue weighted by atomic mass is 19.4. The number of halogens is 6. The van der Waals surface area contributed by atoms with Crippen molar-refractivity contribution in [2.75, 3.05) is 13.2 Å². The summed E-state index contributed by atoms with van der Waals surface area (Å²) in [5, 5.41) is 12.1. The van der Waals surface area contributed by atoms with Gasteiger partial charge in [0.15, 0.2) is 0 Å². The average molecular weight is 503 g/mol. The van der Waals surface area contributed by atoms with Gasteiger partial charge in [-0.05, 0) is 41.8 Å². The van der Waals surface area contributed by atoms with Gasteiger partial charge in [-0.2, -0.15) is 26.3 Å². The molecule has 0 bridgehead atoms. The zero-order chi connectivity index (χ0) is 26.1. The second kappa shape index (κ2) is 12.3. The van der Waals surface area contributed by atoms with E-state index >= 15 is 0 Å². The minimum Gasteiger partial charge on any atom is -0.478 e. The molecule has 6 nitrogen and oxygen atoms in total. The largest absolute Gasteiger partial charge is 0.478 e. The third-order valence-electron chi connectivity index (χ3n) is 4.84. The van der Waals surface area contributed by atoms with E-state index < -0.39 is 36.7 Å². The highest BCUT2D eigenvalue weighted by Crippen LogP contribution is 2.29. The molecule has 0 amide bonds. The molecule has 0 aliphatic carbocycles. The summed E-state index contributed by atoms with van der Waals surface area (Å²) in [6, 6.07) is 10.7. The van der Waals surface area contributed by atoms with E-state index in [1.807, 2.05) is 0 Å². The normalized spacial score (nSPS) is 12.6. The predicted octanol–water partition coefficient (Wildman–Crippen LogP) is 5.78. The first kappa shape index (κ1) is 27.8. The van der Waals surface area contributed by atoms with Crippen LogP contribution in [-0.2, 0) is 24.0 Å². The molecule has 0 saturated carbocycles.